The van der Waals surface area contributed by atoms with Gasteiger partial charge in [-0.1, -0.05) is 19.9 Å². The Labute approximate surface area is 156 Å². The molecule has 0 spiro atoms. The number of thiophene rings is 1. The highest BCUT2D eigenvalue weighted by molar-refractivity contribution is 7.18. The molecule has 0 saturated carbocycles. The lowest BCUT2D eigenvalue weighted by Gasteiger charge is -2.26. The smallest absolute Gasteiger partial charge is 0.261 e. The number of halogens is 1. The number of nitrogens with one attached hydrogen (secondary N) is 2. The molecule has 2 aromatic rings. The minimum absolute atomic E-state index is 0.213. The lowest BCUT2D eigenvalue weighted by atomic mass is 9.94. The van der Waals surface area contributed by atoms with Gasteiger partial charge in [-0.2, -0.15) is 0 Å². The number of amides is 2. The Kier molecular flexibility index (Phi) is 6.50. The molecule has 0 atom stereocenters. The number of aryl methyl sites for hydroxylation is 1. The highest BCUT2D eigenvalue weighted by Gasteiger charge is 2.22. The summed E-state index contributed by atoms with van der Waals surface area (Å²) in [6, 6.07) is 7.18. The summed E-state index contributed by atoms with van der Waals surface area (Å²) in [5.74, 6) is -1.11. The van der Waals surface area contributed by atoms with E-state index in [2.05, 4.69) is 10.6 Å². The van der Waals surface area contributed by atoms with Crippen LogP contribution in [-0.2, 0) is 0 Å². The SMILES string of the molecule is CCC(N)(CC)CNC(=O)c1sc(NC(=O)c2cccc(F)c2)cc1C. The summed E-state index contributed by atoms with van der Waals surface area (Å²) in [6.45, 7) is 6.18. The minimum Gasteiger partial charge on any atom is -0.349 e. The molecule has 1 aromatic carbocycles. The van der Waals surface area contributed by atoms with E-state index in [0.717, 1.165) is 18.4 Å². The second kappa shape index (κ2) is 8.42. The standard InChI is InChI=1S/C19H24FN3O2S/c1-4-19(21,5-2)11-22-18(25)16-12(3)9-15(26-16)23-17(24)13-7-6-8-14(20)10-13/h6-10H,4-5,11,21H2,1-3H3,(H,22,25)(H,23,24). The van der Waals surface area contributed by atoms with Gasteiger partial charge in [0.2, 0.25) is 0 Å². The minimum atomic E-state index is -0.475. The average Bonchev–Trinajstić information content (AvgIpc) is 2.99. The molecule has 0 aliphatic heterocycles. The maximum absolute atomic E-state index is 13.2. The van der Waals surface area contributed by atoms with Crippen LogP contribution in [0.1, 0.15) is 52.3 Å². The van der Waals surface area contributed by atoms with Gasteiger partial charge < -0.3 is 16.4 Å². The van der Waals surface area contributed by atoms with Crippen LogP contribution in [0.5, 0.6) is 0 Å². The van der Waals surface area contributed by atoms with Crippen LogP contribution in [-0.4, -0.2) is 23.9 Å². The molecule has 0 aliphatic rings. The third-order valence-electron chi connectivity index (χ3n) is 4.46. The number of hydrogen-bond donors (Lipinski definition) is 3. The van der Waals surface area contributed by atoms with Crippen LogP contribution in [0.3, 0.4) is 0 Å². The molecule has 140 valence electrons. The number of carbonyl (C=O) groups excluding carboxylic acids is 2. The largest absolute Gasteiger partial charge is 0.349 e. The lowest BCUT2D eigenvalue weighted by Crippen LogP contribution is -2.49. The molecule has 0 radical (unpaired) electrons. The molecule has 2 amide bonds. The molecule has 0 saturated heterocycles. The molecule has 2 rings (SSSR count). The predicted molar refractivity (Wildman–Crippen MR) is 103 cm³/mol. The second-order valence-corrected chi connectivity index (χ2v) is 7.39. The molecule has 0 bridgehead atoms. The van der Waals surface area contributed by atoms with E-state index in [4.69, 9.17) is 5.73 Å². The van der Waals surface area contributed by atoms with Gasteiger partial charge in [0, 0.05) is 17.6 Å². The number of nitrogens with two attached hydrogens (primary N) is 1. The number of carbonyl (C=O) groups is 2. The van der Waals surface area contributed by atoms with Gasteiger partial charge in [-0.25, -0.2) is 4.39 Å². The van der Waals surface area contributed by atoms with Gasteiger partial charge in [0.15, 0.2) is 0 Å². The van der Waals surface area contributed by atoms with Gasteiger partial charge in [-0.15, -0.1) is 11.3 Å². The van der Waals surface area contributed by atoms with Gasteiger partial charge in [0.05, 0.1) is 9.88 Å². The monoisotopic (exact) mass is 377 g/mol. The van der Waals surface area contributed by atoms with Crippen LogP contribution in [0.2, 0.25) is 0 Å². The van der Waals surface area contributed by atoms with E-state index in [0.29, 0.717) is 16.4 Å². The van der Waals surface area contributed by atoms with E-state index in [-0.39, 0.29) is 11.5 Å². The first-order valence-corrected chi connectivity index (χ1v) is 9.34. The third kappa shape index (κ3) is 4.89. The predicted octanol–water partition coefficient (Wildman–Crippen LogP) is 3.70. The van der Waals surface area contributed by atoms with Crippen molar-refractivity contribution in [3.8, 4) is 0 Å². The summed E-state index contributed by atoms with van der Waals surface area (Å²) in [5.41, 5.74) is 6.77. The Balaban J connectivity index is 2.06. The Morgan fingerprint density at radius 2 is 1.88 bits per heavy atom. The van der Waals surface area contributed by atoms with Crippen molar-refractivity contribution >= 4 is 28.2 Å². The maximum atomic E-state index is 13.2. The fraction of sp³-hybridized carbons (Fsp3) is 0.368. The van der Waals surface area contributed by atoms with Gasteiger partial charge in [0.25, 0.3) is 11.8 Å². The second-order valence-electron chi connectivity index (χ2n) is 6.34. The summed E-state index contributed by atoms with van der Waals surface area (Å²) in [7, 11) is 0. The molecule has 0 unspecified atom stereocenters. The van der Waals surface area contributed by atoms with E-state index in [1.54, 1.807) is 13.0 Å². The summed E-state index contributed by atoms with van der Waals surface area (Å²) in [6.07, 6.45) is 1.53. The molecule has 4 N–H and O–H groups in total. The van der Waals surface area contributed by atoms with Crippen molar-refractivity contribution in [2.45, 2.75) is 39.2 Å². The van der Waals surface area contributed by atoms with Crippen molar-refractivity contribution in [2.24, 2.45) is 5.73 Å². The normalized spacial score (nSPS) is 11.3. The Morgan fingerprint density at radius 3 is 2.50 bits per heavy atom. The molecule has 0 aliphatic carbocycles. The van der Waals surface area contributed by atoms with Crippen LogP contribution < -0.4 is 16.4 Å². The Bertz CT molecular complexity index is 800. The van der Waals surface area contributed by atoms with E-state index >= 15 is 0 Å². The Morgan fingerprint density at radius 1 is 1.19 bits per heavy atom. The molecule has 0 fully saturated rings. The lowest BCUT2D eigenvalue weighted by molar-refractivity contribution is 0.0945. The zero-order chi connectivity index (χ0) is 19.3. The van der Waals surface area contributed by atoms with E-state index < -0.39 is 17.3 Å². The topological polar surface area (TPSA) is 84.2 Å². The molecule has 1 aromatic heterocycles. The quantitative estimate of drug-likeness (QED) is 0.688. The van der Waals surface area contributed by atoms with Crippen LogP contribution >= 0.6 is 11.3 Å². The van der Waals surface area contributed by atoms with Crippen molar-refractivity contribution in [3.63, 3.8) is 0 Å². The molecule has 7 heteroatoms. The average molecular weight is 377 g/mol. The molecular weight excluding hydrogens is 353 g/mol. The van der Waals surface area contributed by atoms with Crippen molar-refractivity contribution < 1.29 is 14.0 Å². The van der Waals surface area contributed by atoms with Gasteiger partial charge in [-0.05, 0) is 49.6 Å². The first-order valence-electron chi connectivity index (χ1n) is 8.52. The van der Waals surface area contributed by atoms with Crippen LogP contribution in [0.15, 0.2) is 30.3 Å². The summed E-state index contributed by atoms with van der Waals surface area (Å²) in [4.78, 5) is 25.2. The van der Waals surface area contributed by atoms with Gasteiger partial charge >= 0.3 is 0 Å². The first kappa shape index (κ1) is 20.1. The molecule has 5 nitrogen and oxygen atoms in total. The number of hydrogen-bond acceptors (Lipinski definition) is 4. The van der Waals surface area contributed by atoms with Crippen LogP contribution in [0.25, 0.3) is 0 Å². The van der Waals surface area contributed by atoms with Crippen LogP contribution in [0.4, 0.5) is 9.39 Å². The van der Waals surface area contributed by atoms with Crippen molar-refractivity contribution in [1.82, 2.24) is 5.32 Å². The fourth-order valence-corrected chi connectivity index (χ4v) is 3.40. The maximum Gasteiger partial charge on any atom is 0.261 e. The van der Waals surface area contributed by atoms with Gasteiger partial charge in [-0.3, -0.25) is 9.59 Å². The zero-order valence-corrected chi connectivity index (χ0v) is 16.0. The highest BCUT2D eigenvalue weighted by Crippen LogP contribution is 2.27. The van der Waals surface area contributed by atoms with Crippen molar-refractivity contribution in [2.75, 3.05) is 11.9 Å². The van der Waals surface area contributed by atoms with Gasteiger partial charge in [0.1, 0.15) is 5.82 Å². The summed E-state index contributed by atoms with van der Waals surface area (Å²) < 4.78 is 13.2. The fourth-order valence-electron chi connectivity index (χ4n) is 2.42. The Hall–Kier alpha value is -2.25. The van der Waals surface area contributed by atoms with Crippen LogP contribution in [0, 0.1) is 12.7 Å². The van der Waals surface area contributed by atoms with Crippen molar-refractivity contribution in [1.29, 1.82) is 0 Å². The van der Waals surface area contributed by atoms with Crippen molar-refractivity contribution in [3.05, 3.63) is 52.2 Å². The van der Waals surface area contributed by atoms with E-state index in [1.807, 2.05) is 13.8 Å². The third-order valence-corrected chi connectivity index (χ3v) is 5.61. The van der Waals surface area contributed by atoms with E-state index in [1.165, 1.54) is 35.6 Å². The highest BCUT2D eigenvalue weighted by atomic mass is 32.1. The molecule has 1 heterocycles. The molecular formula is C19H24FN3O2S. The van der Waals surface area contributed by atoms with E-state index in [9.17, 15) is 14.0 Å². The summed E-state index contributed by atoms with van der Waals surface area (Å²) >= 11 is 1.18. The molecule has 26 heavy (non-hydrogen) atoms. The number of benzene rings is 1. The number of anilines is 1. The number of rotatable bonds is 7. The zero-order valence-electron chi connectivity index (χ0n) is 15.2. The summed E-state index contributed by atoms with van der Waals surface area (Å²) in [5, 5.41) is 6.11. The first-order chi connectivity index (χ1) is 12.3.